The van der Waals surface area contributed by atoms with E-state index < -0.39 is 5.60 Å². The minimum Gasteiger partial charge on any atom is -0.496 e. The SMILES string of the molecule is CCOC(C)(C)C(N)c1ccc(C)c(C)c1OC. The Kier molecular flexibility index (Phi) is 4.77. The molecule has 0 fully saturated rings. The first-order chi connectivity index (χ1) is 8.35. The highest BCUT2D eigenvalue weighted by Crippen LogP contribution is 2.35. The summed E-state index contributed by atoms with van der Waals surface area (Å²) in [6.07, 6.45) is 0. The Morgan fingerprint density at radius 2 is 1.89 bits per heavy atom. The fourth-order valence-electron chi connectivity index (χ4n) is 2.16. The van der Waals surface area contributed by atoms with Crippen LogP contribution < -0.4 is 10.5 Å². The van der Waals surface area contributed by atoms with Gasteiger partial charge in [0.1, 0.15) is 5.75 Å². The molecule has 18 heavy (non-hydrogen) atoms. The van der Waals surface area contributed by atoms with Crippen LogP contribution in [0.15, 0.2) is 12.1 Å². The molecular formula is C15H25NO2. The largest absolute Gasteiger partial charge is 0.496 e. The summed E-state index contributed by atoms with van der Waals surface area (Å²) in [5, 5.41) is 0. The molecule has 1 aromatic rings. The van der Waals surface area contributed by atoms with Crippen LogP contribution in [0.5, 0.6) is 5.75 Å². The van der Waals surface area contributed by atoms with Crippen LogP contribution in [-0.2, 0) is 4.74 Å². The molecule has 0 aliphatic rings. The third-order valence-corrected chi connectivity index (χ3v) is 3.51. The molecule has 0 saturated carbocycles. The van der Waals surface area contributed by atoms with Gasteiger partial charge in [-0.1, -0.05) is 12.1 Å². The highest BCUT2D eigenvalue weighted by atomic mass is 16.5. The molecule has 3 heteroatoms. The van der Waals surface area contributed by atoms with Crippen molar-refractivity contribution in [1.29, 1.82) is 0 Å². The summed E-state index contributed by atoms with van der Waals surface area (Å²) < 4.78 is 11.3. The Hall–Kier alpha value is -1.06. The standard InChI is InChI=1S/C15H25NO2/c1-7-18-15(4,5)14(16)12-9-8-10(2)11(3)13(12)17-6/h8-9,14H,7,16H2,1-6H3. The maximum Gasteiger partial charge on any atom is 0.126 e. The smallest absolute Gasteiger partial charge is 0.126 e. The maximum absolute atomic E-state index is 6.35. The van der Waals surface area contributed by atoms with Crippen LogP contribution in [0.2, 0.25) is 0 Å². The van der Waals surface area contributed by atoms with Crippen LogP contribution in [0.25, 0.3) is 0 Å². The second-order valence-electron chi connectivity index (χ2n) is 5.14. The monoisotopic (exact) mass is 251 g/mol. The van der Waals surface area contributed by atoms with Crippen molar-refractivity contribution in [3.05, 3.63) is 28.8 Å². The molecule has 0 saturated heterocycles. The summed E-state index contributed by atoms with van der Waals surface area (Å²) in [7, 11) is 1.69. The van der Waals surface area contributed by atoms with Gasteiger partial charge in [-0.25, -0.2) is 0 Å². The molecule has 102 valence electrons. The van der Waals surface area contributed by atoms with Gasteiger partial charge in [-0.05, 0) is 45.7 Å². The first-order valence-corrected chi connectivity index (χ1v) is 6.38. The van der Waals surface area contributed by atoms with E-state index in [1.54, 1.807) is 7.11 Å². The highest BCUT2D eigenvalue weighted by Gasteiger charge is 2.30. The first kappa shape index (κ1) is 15.0. The van der Waals surface area contributed by atoms with Gasteiger partial charge in [0.2, 0.25) is 0 Å². The van der Waals surface area contributed by atoms with Gasteiger partial charge >= 0.3 is 0 Å². The van der Waals surface area contributed by atoms with E-state index in [1.165, 1.54) is 5.56 Å². The number of methoxy groups -OCH3 is 1. The maximum atomic E-state index is 6.35. The van der Waals surface area contributed by atoms with Gasteiger partial charge in [0.05, 0.1) is 18.8 Å². The van der Waals surface area contributed by atoms with Crippen molar-refractivity contribution >= 4 is 0 Å². The lowest BCUT2D eigenvalue weighted by Crippen LogP contribution is -2.38. The van der Waals surface area contributed by atoms with E-state index in [4.69, 9.17) is 15.2 Å². The molecule has 0 amide bonds. The van der Waals surface area contributed by atoms with Crippen LogP contribution in [0.1, 0.15) is 43.5 Å². The zero-order chi connectivity index (χ0) is 13.9. The molecule has 0 aliphatic carbocycles. The molecule has 2 N–H and O–H groups in total. The Morgan fingerprint density at radius 1 is 1.28 bits per heavy atom. The molecule has 0 bridgehead atoms. The lowest BCUT2D eigenvalue weighted by molar-refractivity contribution is -0.0302. The molecular weight excluding hydrogens is 226 g/mol. The van der Waals surface area contributed by atoms with Gasteiger partial charge < -0.3 is 15.2 Å². The molecule has 0 spiro atoms. The fourth-order valence-corrected chi connectivity index (χ4v) is 2.16. The average molecular weight is 251 g/mol. The van der Waals surface area contributed by atoms with Crippen molar-refractivity contribution in [3.63, 3.8) is 0 Å². The normalized spacial score (nSPS) is 13.5. The quantitative estimate of drug-likeness (QED) is 0.874. The number of hydrogen-bond donors (Lipinski definition) is 1. The summed E-state index contributed by atoms with van der Waals surface area (Å²) in [6.45, 7) is 10.8. The Bertz CT molecular complexity index is 413. The molecule has 0 radical (unpaired) electrons. The van der Waals surface area contributed by atoms with Crippen molar-refractivity contribution in [3.8, 4) is 5.75 Å². The van der Waals surface area contributed by atoms with E-state index in [2.05, 4.69) is 19.9 Å². The van der Waals surface area contributed by atoms with E-state index in [-0.39, 0.29) is 6.04 Å². The van der Waals surface area contributed by atoms with E-state index in [1.807, 2.05) is 26.8 Å². The molecule has 0 aromatic heterocycles. The predicted molar refractivity (Wildman–Crippen MR) is 75.1 cm³/mol. The number of benzene rings is 1. The summed E-state index contributed by atoms with van der Waals surface area (Å²) in [4.78, 5) is 0. The number of ether oxygens (including phenoxy) is 2. The number of aryl methyl sites for hydroxylation is 1. The molecule has 0 aliphatic heterocycles. The van der Waals surface area contributed by atoms with Gasteiger partial charge in [0.15, 0.2) is 0 Å². The lowest BCUT2D eigenvalue weighted by Gasteiger charge is -2.33. The second kappa shape index (κ2) is 5.72. The van der Waals surface area contributed by atoms with Crippen LogP contribution >= 0.6 is 0 Å². The van der Waals surface area contributed by atoms with E-state index >= 15 is 0 Å². The third-order valence-electron chi connectivity index (χ3n) is 3.51. The van der Waals surface area contributed by atoms with Gasteiger partial charge in [-0.2, -0.15) is 0 Å². The Morgan fingerprint density at radius 3 is 2.39 bits per heavy atom. The number of hydrogen-bond acceptors (Lipinski definition) is 3. The minimum atomic E-state index is -0.413. The Labute approximate surface area is 110 Å². The fraction of sp³-hybridized carbons (Fsp3) is 0.600. The Balaban J connectivity index is 3.21. The molecule has 1 aromatic carbocycles. The van der Waals surface area contributed by atoms with Crippen LogP contribution in [0, 0.1) is 13.8 Å². The van der Waals surface area contributed by atoms with Crippen molar-refractivity contribution in [2.75, 3.05) is 13.7 Å². The minimum absolute atomic E-state index is 0.216. The predicted octanol–water partition coefficient (Wildman–Crippen LogP) is 3.13. The molecule has 0 heterocycles. The molecule has 3 nitrogen and oxygen atoms in total. The van der Waals surface area contributed by atoms with Gasteiger partial charge in [-0.15, -0.1) is 0 Å². The topological polar surface area (TPSA) is 44.5 Å². The zero-order valence-corrected chi connectivity index (χ0v) is 12.3. The number of nitrogens with two attached hydrogens (primary N) is 1. The van der Waals surface area contributed by atoms with Gasteiger partial charge in [0.25, 0.3) is 0 Å². The first-order valence-electron chi connectivity index (χ1n) is 6.38. The molecule has 1 atom stereocenters. The summed E-state index contributed by atoms with van der Waals surface area (Å²) in [5.41, 5.74) is 9.28. The summed E-state index contributed by atoms with van der Waals surface area (Å²) >= 11 is 0. The third kappa shape index (κ3) is 2.85. The molecule has 1 rings (SSSR count). The number of rotatable bonds is 5. The van der Waals surface area contributed by atoms with Crippen LogP contribution in [0.3, 0.4) is 0 Å². The van der Waals surface area contributed by atoms with E-state index in [0.717, 1.165) is 16.9 Å². The van der Waals surface area contributed by atoms with Crippen molar-refractivity contribution in [1.82, 2.24) is 0 Å². The van der Waals surface area contributed by atoms with Crippen LogP contribution in [-0.4, -0.2) is 19.3 Å². The van der Waals surface area contributed by atoms with Crippen molar-refractivity contribution < 1.29 is 9.47 Å². The van der Waals surface area contributed by atoms with Crippen molar-refractivity contribution in [2.45, 2.75) is 46.3 Å². The molecule has 1 unspecified atom stereocenters. The van der Waals surface area contributed by atoms with E-state index in [9.17, 15) is 0 Å². The van der Waals surface area contributed by atoms with Gasteiger partial charge in [0, 0.05) is 12.2 Å². The highest BCUT2D eigenvalue weighted by molar-refractivity contribution is 5.47. The summed E-state index contributed by atoms with van der Waals surface area (Å²) in [5.74, 6) is 0.871. The second-order valence-corrected chi connectivity index (χ2v) is 5.14. The van der Waals surface area contributed by atoms with Crippen molar-refractivity contribution in [2.24, 2.45) is 5.73 Å². The van der Waals surface area contributed by atoms with Crippen LogP contribution in [0.4, 0.5) is 0 Å². The lowest BCUT2D eigenvalue weighted by atomic mass is 9.89. The average Bonchev–Trinajstić information content (AvgIpc) is 2.31. The van der Waals surface area contributed by atoms with Gasteiger partial charge in [-0.3, -0.25) is 0 Å². The zero-order valence-electron chi connectivity index (χ0n) is 12.3. The summed E-state index contributed by atoms with van der Waals surface area (Å²) in [6, 6.07) is 3.90. The van der Waals surface area contributed by atoms with E-state index in [0.29, 0.717) is 6.61 Å².